The summed E-state index contributed by atoms with van der Waals surface area (Å²) in [5.41, 5.74) is 4.75. The molecule has 0 radical (unpaired) electrons. The highest BCUT2D eigenvalue weighted by atomic mass is 16.5. The van der Waals surface area contributed by atoms with Crippen LogP contribution in [-0.4, -0.2) is 36.2 Å². The van der Waals surface area contributed by atoms with Crippen molar-refractivity contribution in [3.8, 4) is 0 Å². The van der Waals surface area contributed by atoms with Gasteiger partial charge in [0.05, 0.1) is 13.5 Å². The Morgan fingerprint density at radius 3 is 2.38 bits per heavy atom. The van der Waals surface area contributed by atoms with E-state index in [1.165, 1.54) is 0 Å². The third kappa shape index (κ3) is 4.62. The number of aliphatic carboxylic acids is 1. The van der Waals surface area contributed by atoms with Gasteiger partial charge in [0.15, 0.2) is 0 Å². The molecule has 1 atom stereocenters. The maximum absolute atomic E-state index is 10.6. The van der Waals surface area contributed by atoms with Gasteiger partial charge in [-0.25, -0.2) is 9.59 Å². The number of amides is 2. The Kier molecular flexibility index (Phi) is 4.28. The van der Waals surface area contributed by atoms with Gasteiger partial charge in [-0.15, -0.1) is 0 Å². The molecule has 4 N–H and O–H groups in total. The lowest BCUT2D eigenvalue weighted by atomic mass is 10.2. The van der Waals surface area contributed by atoms with Crippen LogP contribution in [0.4, 0.5) is 4.79 Å². The van der Waals surface area contributed by atoms with Crippen LogP contribution >= 0.6 is 0 Å². The van der Waals surface area contributed by atoms with Crippen molar-refractivity contribution in [1.82, 2.24) is 5.32 Å². The monoisotopic (exact) mass is 190 g/mol. The number of ether oxygens (including phenoxy) is 1. The molecule has 0 aliphatic carbocycles. The standard InChI is InChI=1S/C6H10N2O5/c1-13-6(12)8-3(5(10)11)2-4(7)9/h3H,2H2,1H3,(H2,7,9)(H,8,12)(H,10,11). The molecule has 0 bridgehead atoms. The second-order valence-corrected chi connectivity index (χ2v) is 2.20. The van der Waals surface area contributed by atoms with Gasteiger partial charge in [0.1, 0.15) is 6.04 Å². The maximum Gasteiger partial charge on any atom is 0.407 e. The Bertz CT molecular complexity index is 227. The molecule has 0 aromatic rings. The Morgan fingerprint density at radius 2 is 2.08 bits per heavy atom. The molecule has 7 heteroatoms. The first kappa shape index (κ1) is 11.2. The largest absolute Gasteiger partial charge is 0.480 e. The SMILES string of the molecule is COC(=O)NC(CC(N)=O)C(=O)O. The summed E-state index contributed by atoms with van der Waals surface area (Å²) in [4.78, 5) is 31.3. The summed E-state index contributed by atoms with van der Waals surface area (Å²) in [5, 5.41) is 10.4. The number of primary amides is 1. The first-order chi connectivity index (χ1) is 5.97. The van der Waals surface area contributed by atoms with Gasteiger partial charge in [-0.2, -0.15) is 0 Å². The quantitative estimate of drug-likeness (QED) is 0.507. The lowest BCUT2D eigenvalue weighted by Gasteiger charge is -2.10. The van der Waals surface area contributed by atoms with Gasteiger partial charge in [-0.1, -0.05) is 0 Å². The molecule has 74 valence electrons. The molecular formula is C6H10N2O5. The van der Waals surface area contributed by atoms with Crippen LogP contribution < -0.4 is 11.1 Å². The highest BCUT2D eigenvalue weighted by Gasteiger charge is 2.21. The van der Waals surface area contributed by atoms with E-state index in [1.807, 2.05) is 5.32 Å². The van der Waals surface area contributed by atoms with E-state index in [1.54, 1.807) is 0 Å². The second-order valence-electron chi connectivity index (χ2n) is 2.20. The molecule has 2 amide bonds. The van der Waals surface area contributed by atoms with E-state index in [9.17, 15) is 14.4 Å². The fourth-order valence-electron chi connectivity index (χ4n) is 0.602. The highest BCUT2D eigenvalue weighted by Crippen LogP contribution is 1.92. The molecule has 7 nitrogen and oxygen atoms in total. The number of carboxylic acid groups (broad SMARTS) is 1. The molecule has 0 aliphatic heterocycles. The van der Waals surface area contributed by atoms with Gasteiger partial charge in [-0.05, 0) is 0 Å². The fourth-order valence-corrected chi connectivity index (χ4v) is 0.602. The zero-order chi connectivity index (χ0) is 10.4. The van der Waals surface area contributed by atoms with E-state index in [0.29, 0.717) is 0 Å². The van der Waals surface area contributed by atoms with Crippen LogP contribution in [0.2, 0.25) is 0 Å². The van der Waals surface area contributed by atoms with E-state index < -0.39 is 30.4 Å². The molecule has 0 saturated heterocycles. The smallest absolute Gasteiger partial charge is 0.407 e. The zero-order valence-electron chi connectivity index (χ0n) is 6.94. The number of carboxylic acids is 1. The molecule has 0 saturated carbocycles. The molecule has 0 spiro atoms. The third-order valence-corrected chi connectivity index (χ3v) is 1.18. The summed E-state index contributed by atoms with van der Waals surface area (Å²) in [7, 11) is 1.08. The first-order valence-electron chi connectivity index (χ1n) is 3.33. The second kappa shape index (κ2) is 4.96. The van der Waals surface area contributed by atoms with E-state index in [4.69, 9.17) is 10.8 Å². The lowest BCUT2D eigenvalue weighted by molar-refractivity contribution is -0.141. The number of hydrogen-bond donors (Lipinski definition) is 3. The number of carbonyl (C=O) groups is 3. The topological polar surface area (TPSA) is 119 Å². The van der Waals surface area contributed by atoms with Gasteiger partial charge in [-0.3, -0.25) is 4.79 Å². The Labute approximate surface area is 73.8 Å². The Hall–Kier alpha value is -1.79. The Morgan fingerprint density at radius 1 is 1.54 bits per heavy atom. The average Bonchev–Trinajstić information content (AvgIpc) is 2.02. The predicted octanol–water partition coefficient (Wildman–Crippen LogP) is -1.33. The molecule has 0 aromatic heterocycles. The van der Waals surface area contributed by atoms with Crippen LogP contribution in [0.3, 0.4) is 0 Å². The number of rotatable bonds is 4. The number of carbonyl (C=O) groups excluding carboxylic acids is 2. The van der Waals surface area contributed by atoms with Gasteiger partial charge in [0.2, 0.25) is 5.91 Å². The molecular weight excluding hydrogens is 180 g/mol. The summed E-state index contributed by atoms with van der Waals surface area (Å²) in [6, 6.07) is -1.34. The predicted molar refractivity (Wildman–Crippen MR) is 40.8 cm³/mol. The van der Waals surface area contributed by atoms with Crippen molar-refractivity contribution < 1.29 is 24.2 Å². The molecule has 0 heterocycles. The van der Waals surface area contributed by atoms with Crippen LogP contribution in [0, 0.1) is 0 Å². The minimum atomic E-state index is -1.34. The Balaban J connectivity index is 4.18. The normalized spacial score (nSPS) is 11.5. The number of hydrogen-bond acceptors (Lipinski definition) is 4. The van der Waals surface area contributed by atoms with Crippen molar-refractivity contribution in [3.05, 3.63) is 0 Å². The van der Waals surface area contributed by atoms with Crippen molar-refractivity contribution in [2.45, 2.75) is 12.5 Å². The lowest BCUT2D eigenvalue weighted by Crippen LogP contribution is -2.43. The molecule has 0 aromatic carbocycles. The molecule has 0 rings (SSSR count). The third-order valence-electron chi connectivity index (χ3n) is 1.18. The zero-order valence-corrected chi connectivity index (χ0v) is 6.94. The minimum Gasteiger partial charge on any atom is -0.480 e. The maximum atomic E-state index is 10.6. The fraction of sp³-hybridized carbons (Fsp3) is 0.500. The van der Waals surface area contributed by atoms with E-state index in [0.717, 1.165) is 7.11 Å². The summed E-state index contributed by atoms with van der Waals surface area (Å²) < 4.78 is 4.15. The van der Waals surface area contributed by atoms with Gasteiger partial charge in [0, 0.05) is 0 Å². The van der Waals surface area contributed by atoms with Crippen LogP contribution in [0.5, 0.6) is 0 Å². The van der Waals surface area contributed by atoms with Crippen LogP contribution in [0.1, 0.15) is 6.42 Å². The highest BCUT2D eigenvalue weighted by molar-refractivity contribution is 5.86. The number of nitrogens with one attached hydrogen (secondary N) is 1. The van der Waals surface area contributed by atoms with Crippen LogP contribution in [0.25, 0.3) is 0 Å². The number of alkyl carbamates (subject to hydrolysis) is 1. The first-order valence-corrected chi connectivity index (χ1v) is 3.33. The molecule has 0 fully saturated rings. The minimum absolute atomic E-state index is 0.468. The van der Waals surface area contributed by atoms with E-state index >= 15 is 0 Å². The summed E-state index contributed by atoms with van der Waals surface area (Å²) in [6.07, 6.45) is -1.39. The van der Waals surface area contributed by atoms with Crippen molar-refractivity contribution in [3.63, 3.8) is 0 Å². The van der Waals surface area contributed by atoms with Crippen molar-refractivity contribution in [2.75, 3.05) is 7.11 Å². The van der Waals surface area contributed by atoms with Gasteiger partial charge in [0.25, 0.3) is 0 Å². The van der Waals surface area contributed by atoms with E-state index in [2.05, 4.69) is 4.74 Å². The summed E-state index contributed by atoms with van der Waals surface area (Å²) >= 11 is 0. The van der Waals surface area contributed by atoms with Crippen molar-refractivity contribution in [1.29, 1.82) is 0 Å². The van der Waals surface area contributed by atoms with Gasteiger partial charge >= 0.3 is 12.1 Å². The average molecular weight is 190 g/mol. The van der Waals surface area contributed by atoms with Crippen molar-refractivity contribution >= 4 is 18.0 Å². The summed E-state index contributed by atoms with van der Waals surface area (Å²) in [5.74, 6) is -2.16. The molecule has 0 aliphatic rings. The number of methoxy groups -OCH3 is 1. The molecule has 13 heavy (non-hydrogen) atoms. The molecule has 1 unspecified atom stereocenters. The van der Waals surface area contributed by atoms with Gasteiger partial charge < -0.3 is 20.9 Å². The van der Waals surface area contributed by atoms with Crippen LogP contribution in [0.15, 0.2) is 0 Å². The number of nitrogens with two attached hydrogens (primary N) is 1. The van der Waals surface area contributed by atoms with E-state index in [-0.39, 0.29) is 0 Å². The van der Waals surface area contributed by atoms with Crippen molar-refractivity contribution in [2.24, 2.45) is 5.73 Å². The van der Waals surface area contributed by atoms with Crippen LogP contribution in [-0.2, 0) is 14.3 Å². The summed E-state index contributed by atoms with van der Waals surface area (Å²) in [6.45, 7) is 0.